The van der Waals surface area contributed by atoms with Crippen LogP contribution in [0.4, 0.5) is 13.2 Å². The fraction of sp³-hybridized carbons (Fsp3) is 0.471. The van der Waals surface area contributed by atoms with Crippen molar-refractivity contribution in [1.82, 2.24) is 14.5 Å². The molecule has 0 unspecified atom stereocenters. The Morgan fingerprint density at radius 1 is 1.17 bits per heavy atom. The van der Waals surface area contributed by atoms with E-state index in [0.717, 1.165) is 25.8 Å². The van der Waals surface area contributed by atoms with Crippen LogP contribution in [0.25, 0.3) is 0 Å². The first kappa shape index (κ1) is 16.1. The van der Waals surface area contributed by atoms with Crippen LogP contribution >= 0.6 is 0 Å². The van der Waals surface area contributed by atoms with E-state index in [1.807, 2.05) is 18.2 Å². The third kappa shape index (κ3) is 4.34. The van der Waals surface area contributed by atoms with Crippen LogP contribution < -0.4 is 0 Å². The van der Waals surface area contributed by atoms with Crippen LogP contribution in [-0.4, -0.2) is 33.2 Å². The summed E-state index contributed by atoms with van der Waals surface area (Å²) in [6.45, 7) is 0.413. The van der Waals surface area contributed by atoms with Crippen LogP contribution in [-0.2, 0) is 19.5 Å². The van der Waals surface area contributed by atoms with Crippen molar-refractivity contribution >= 4 is 0 Å². The van der Waals surface area contributed by atoms with Crippen molar-refractivity contribution < 1.29 is 13.2 Å². The fourth-order valence-electron chi connectivity index (χ4n) is 3.23. The number of hydrogen-bond donors (Lipinski definition) is 0. The first-order valence-corrected chi connectivity index (χ1v) is 7.86. The van der Waals surface area contributed by atoms with E-state index in [9.17, 15) is 13.2 Å². The standard InChI is InChI=1S/C17H20F3N3/c18-17(19,20)13-23-10-8-21-16(23)12-22-9-4-7-15(22)11-14-5-2-1-3-6-14/h1-3,5-6,8,10,15H,4,7,9,11-13H2/t15-/m0/s1. The first-order valence-electron chi connectivity index (χ1n) is 7.86. The molecule has 0 amide bonds. The summed E-state index contributed by atoms with van der Waals surface area (Å²) in [5.74, 6) is 0.488. The van der Waals surface area contributed by atoms with E-state index in [4.69, 9.17) is 0 Å². The molecule has 1 saturated heterocycles. The lowest BCUT2D eigenvalue weighted by Crippen LogP contribution is -2.32. The molecule has 3 nitrogen and oxygen atoms in total. The smallest absolute Gasteiger partial charge is 0.325 e. The quantitative estimate of drug-likeness (QED) is 0.837. The maximum absolute atomic E-state index is 12.6. The molecule has 2 heterocycles. The highest BCUT2D eigenvalue weighted by Crippen LogP contribution is 2.24. The number of aromatic nitrogens is 2. The normalized spacial score (nSPS) is 19.3. The van der Waals surface area contributed by atoms with E-state index in [1.54, 1.807) is 0 Å². The van der Waals surface area contributed by atoms with Crippen molar-refractivity contribution in [3.8, 4) is 0 Å². The summed E-state index contributed by atoms with van der Waals surface area (Å²) in [4.78, 5) is 6.38. The lowest BCUT2D eigenvalue weighted by atomic mass is 10.0. The Labute approximate surface area is 133 Å². The van der Waals surface area contributed by atoms with Gasteiger partial charge in [0.15, 0.2) is 0 Å². The summed E-state index contributed by atoms with van der Waals surface area (Å²) in [6, 6.07) is 10.6. The Morgan fingerprint density at radius 3 is 2.70 bits per heavy atom. The van der Waals surface area contributed by atoms with Gasteiger partial charge in [-0.05, 0) is 31.4 Å². The van der Waals surface area contributed by atoms with Gasteiger partial charge in [-0.15, -0.1) is 0 Å². The molecule has 2 aromatic rings. The van der Waals surface area contributed by atoms with Gasteiger partial charge in [0, 0.05) is 18.4 Å². The number of alkyl halides is 3. The summed E-state index contributed by atoms with van der Waals surface area (Å²) in [5, 5.41) is 0. The number of benzene rings is 1. The van der Waals surface area contributed by atoms with Crippen molar-refractivity contribution in [2.45, 2.75) is 44.6 Å². The Hall–Kier alpha value is -1.82. The van der Waals surface area contributed by atoms with Crippen LogP contribution in [0.1, 0.15) is 24.2 Å². The molecule has 0 N–H and O–H groups in total. The third-order valence-electron chi connectivity index (χ3n) is 4.31. The first-order chi connectivity index (χ1) is 11.0. The fourth-order valence-corrected chi connectivity index (χ4v) is 3.23. The Bertz CT molecular complexity index is 622. The van der Waals surface area contributed by atoms with E-state index in [2.05, 4.69) is 22.0 Å². The number of imidazole rings is 1. The molecule has 1 fully saturated rings. The summed E-state index contributed by atoms with van der Waals surface area (Å²) in [7, 11) is 0. The van der Waals surface area contributed by atoms with Gasteiger partial charge in [-0.25, -0.2) is 4.98 Å². The van der Waals surface area contributed by atoms with Gasteiger partial charge in [0.05, 0.1) is 6.54 Å². The molecule has 0 saturated carbocycles. The van der Waals surface area contributed by atoms with E-state index >= 15 is 0 Å². The molecule has 3 rings (SSSR count). The summed E-state index contributed by atoms with van der Waals surface area (Å²) < 4.78 is 39.0. The SMILES string of the molecule is FC(F)(F)Cn1ccnc1CN1CCC[C@H]1Cc1ccccc1. The highest BCUT2D eigenvalue weighted by atomic mass is 19.4. The molecule has 1 aromatic carbocycles. The van der Waals surface area contributed by atoms with Gasteiger partial charge in [-0.2, -0.15) is 13.2 Å². The van der Waals surface area contributed by atoms with Crippen molar-refractivity contribution in [2.24, 2.45) is 0 Å². The Morgan fingerprint density at radius 2 is 1.96 bits per heavy atom. The van der Waals surface area contributed by atoms with Gasteiger partial charge in [0.2, 0.25) is 0 Å². The second-order valence-corrected chi connectivity index (χ2v) is 6.04. The van der Waals surface area contributed by atoms with Crippen LogP contribution in [0.3, 0.4) is 0 Å². The molecular formula is C17H20F3N3. The predicted molar refractivity (Wildman–Crippen MR) is 81.9 cm³/mol. The molecule has 0 spiro atoms. The highest BCUT2D eigenvalue weighted by Gasteiger charge is 2.30. The lowest BCUT2D eigenvalue weighted by Gasteiger charge is -2.24. The molecule has 0 bridgehead atoms. The maximum Gasteiger partial charge on any atom is 0.406 e. The molecule has 0 radical (unpaired) electrons. The second-order valence-electron chi connectivity index (χ2n) is 6.04. The lowest BCUT2D eigenvalue weighted by molar-refractivity contribution is -0.141. The summed E-state index contributed by atoms with van der Waals surface area (Å²) in [6.07, 6.45) is 1.73. The second kappa shape index (κ2) is 6.74. The van der Waals surface area contributed by atoms with Crippen molar-refractivity contribution in [2.75, 3.05) is 6.54 Å². The van der Waals surface area contributed by atoms with Crippen LogP contribution in [0.15, 0.2) is 42.7 Å². The zero-order chi connectivity index (χ0) is 16.3. The van der Waals surface area contributed by atoms with Crippen molar-refractivity contribution in [3.05, 3.63) is 54.1 Å². The molecule has 1 aromatic heterocycles. The monoisotopic (exact) mass is 323 g/mol. The molecule has 124 valence electrons. The van der Waals surface area contributed by atoms with Crippen LogP contribution in [0.5, 0.6) is 0 Å². The highest BCUT2D eigenvalue weighted by molar-refractivity contribution is 5.16. The van der Waals surface area contributed by atoms with Gasteiger partial charge in [-0.3, -0.25) is 4.90 Å². The average Bonchev–Trinajstić information content (AvgIpc) is 3.10. The van der Waals surface area contributed by atoms with Gasteiger partial charge >= 0.3 is 6.18 Å². The Kier molecular flexibility index (Phi) is 4.71. The van der Waals surface area contributed by atoms with E-state index < -0.39 is 12.7 Å². The zero-order valence-corrected chi connectivity index (χ0v) is 12.8. The molecule has 1 aliphatic heterocycles. The minimum Gasteiger partial charge on any atom is -0.325 e. The largest absolute Gasteiger partial charge is 0.406 e. The summed E-state index contributed by atoms with van der Waals surface area (Å²) in [5.41, 5.74) is 1.27. The van der Waals surface area contributed by atoms with Crippen molar-refractivity contribution in [3.63, 3.8) is 0 Å². The van der Waals surface area contributed by atoms with Gasteiger partial charge in [0.1, 0.15) is 12.4 Å². The predicted octanol–water partition coefficient (Wildman–Crippen LogP) is 3.65. The molecule has 6 heteroatoms. The maximum atomic E-state index is 12.6. The third-order valence-corrected chi connectivity index (χ3v) is 4.31. The zero-order valence-electron chi connectivity index (χ0n) is 12.8. The number of likely N-dealkylation sites (tertiary alicyclic amines) is 1. The number of rotatable bonds is 5. The van der Waals surface area contributed by atoms with Gasteiger partial charge < -0.3 is 4.57 Å². The molecular weight excluding hydrogens is 303 g/mol. The van der Waals surface area contributed by atoms with Crippen LogP contribution in [0, 0.1) is 0 Å². The molecule has 1 atom stereocenters. The van der Waals surface area contributed by atoms with E-state index in [1.165, 1.54) is 22.5 Å². The minimum absolute atomic E-state index is 0.369. The number of halogens is 3. The van der Waals surface area contributed by atoms with E-state index in [0.29, 0.717) is 18.4 Å². The van der Waals surface area contributed by atoms with E-state index in [-0.39, 0.29) is 0 Å². The van der Waals surface area contributed by atoms with Crippen LogP contribution in [0.2, 0.25) is 0 Å². The van der Waals surface area contributed by atoms with Gasteiger partial charge in [-0.1, -0.05) is 30.3 Å². The minimum atomic E-state index is -4.22. The summed E-state index contributed by atoms with van der Waals surface area (Å²) >= 11 is 0. The molecule has 0 aliphatic carbocycles. The average molecular weight is 323 g/mol. The molecule has 23 heavy (non-hydrogen) atoms. The Balaban J connectivity index is 1.66. The molecule has 1 aliphatic rings. The number of hydrogen-bond acceptors (Lipinski definition) is 2. The topological polar surface area (TPSA) is 21.1 Å². The van der Waals surface area contributed by atoms with Gasteiger partial charge in [0.25, 0.3) is 0 Å². The number of nitrogens with zero attached hydrogens (tertiary/aromatic N) is 3. The van der Waals surface area contributed by atoms with Crippen molar-refractivity contribution in [1.29, 1.82) is 0 Å².